The van der Waals surface area contributed by atoms with Crippen LogP contribution >= 0.6 is 12.4 Å². The highest BCUT2D eigenvalue weighted by Gasteiger charge is 2.37. The average Bonchev–Trinajstić information content (AvgIpc) is 2.41. The van der Waals surface area contributed by atoms with Gasteiger partial charge in [0.25, 0.3) is 0 Å². The average molecular weight is 333 g/mol. The second-order valence-corrected chi connectivity index (χ2v) is 6.05. The summed E-state index contributed by atoms with van der Waals surface area (Å²) in [6.07, 6.45) is 3.77. The number of nitrogens with one attached hydrogen (secondary N) is 1. The number of rotatable bonds is 4. The molecule has 2 rings (SSSR count). The molecular weight excluding hydrogens is 310 g/mol. The lowest BCUT2D eigenvalue weighted by Crippen LogP contribution is -2.53. The van der Waals surface area contributed by atoms with E-state index >= 15 is 0 Å². The second kappa shape index (κ2) is 7.88. The highest BCUT2D eigenvalue weighted by atomic mass is 35.5. The van der Waals surface area contributed by atoms with Crippen molar-refractivity contribution in [2.75, 3.05) is 6.54 Å². The lowest BCUT2D eigenvalue weighted by Gasteiger charge is -2.37. The summed E-state index contributed by atoms with van der Waals surface area (Å²) in [5.74, 6) is -1.50. The van der Waals surface area contributed by atoms with E-state index in [-0.39, 0.29) is 42.8 Å². The van der Waals surface area contributed by atoms with E-state index in [1.54, 1.807) is 0 Å². The predicted octanol–water partition coefficient (Wildman–Crippen LogP) is 2.95. The summed E-state index contributed by atoms with van der Waals surface area (Å²) in [7, 11) is 0. The topological polar surface area (TPSA) is 55.1 Å². The third-order valence-electron chi connectivity index (χ3n) is 4.31. The molecule has 0 radical (unpaired) electrons. The molecule has 124 valence electrons. The lowest BCUT2D eigenvalue weighted by atomic mass is 9.74. The van der Waals surface area contributed by atoms with Gasteiger partial charge in [-0.15, -0.1) is 12.4 Å². The highest BCUT2D eigenvalue weighted by molar-refractivity contribution is 5.85. The first-order valence-corrected chi connectivity index (χ1v) is 7.41. The molecule has 0 spiro atoms. The van der Waals surface area contributed by atoms with Crippen LogP contribution in [0, 0.1) is 17.6 Å². The van der Waals surface area contributed by atoms with Gasteiger partial charge < -0.3 is 11.1 Å². The minimum absolute atomic E-state index is 0. The predicted molar refractivity (Wildman–Crippen MR) is 84.9 cm³/mol. The monoisotopic (exact) mass is 332 g/mol. The zero-order valence-corrected chi connectivity index (χ0v) is 13.5. The number of benzene rings is 1. The van der Waals surface area contributed by atoms with E-state index in [9.17, 15) is 13.6 Å². The summed E-state index contributed by atoms with van der Waals surface area (Å²) in [6.45, 7) is 2.11. The van der Waals surface area contributed by atoms with E-state index in [1.165, 1.54) is 18.2 Å². The molecule has 1 aliphatic carbocycles. The Morgan fingerprint density at radius 3 is 2.59 bits per heavy atom. The van der Waals surface area contributed by atoms with E-state index in [2.05, 4.69) is 5.32 Å². The van der Waals surface area contributed by atoms with Crippen LogP contribution in [0.25, 0.3) is 0 Å². The van der Waals surface area contributed by atoms with E-state index in [1.807, 2.05) is 6.92 Å². The van der Waals surface area contributed by atoms with Crippen molar-refractivity contribution in [1.29, 1.82) is 0 Å². The number of carbonyl (C=O) groups is 1. The van der Waals surface area contributed by atoms with Crippen LogP contribution in [0.4, 0.5) is 8.78 Å². The van der Waals surface area contributed by atoms with Gasteiger partial charge in [-0.3, -0.25) is 4.79 Å². The van der Waals surface area contributed by atoms with Gasteiger partial charge in [0, 0.05) is 17.6 Å². The number of amides is 1. The smallest absolute Gasteiger partial charge is 0.224 e. The van der Waals surface area contributed by atoms with Crippen molar-refractivity contribution in [2.45, 2.75) is 44.6 Å². The van der Waals surface area contributed by atoms with Gasteiger partial charge in [-0.05, 0) is 38.3 Å². The van der Waals surface area contributed by atoms with Gasteiger partial charge in [0.15, 0.2) is 0 Å². The summed E-state index contributed by atoms with van der Waals surface area (Å²) in [5.41, 5.74) is 5.69. The Hall–Kier alpha value is -1.20. The van der Waals surface area contributed by atoms with E-state index in [0.717, 1.165) is 25.7 Å². The number of nitrogens with two attached hydrogens (primary N) is 1. The summed E-state index contributed by atoms with van der Waals surface area (Å²) < 4.78 is 27.0. The first kappa shape index (κ1) is 18.8. The maximum absolute atomic E-state index is 13.5. The first-order chi connectivity index (χ1) is 9.92. The van der Waals surface area contributed by atoms with Crippen LogP contribution in [0.2, 0.25) is 0 Å². The Kier molecular flexibility index (Phi) is 6.75. The summed E-state index contributed by atoms with van der Waals surface area (Å²) in [5, 5.41) is 2.76. The lowest BCUT2D eigenvalue weighted by molar-refractivity contribution is -0.128. The van der Waals surface area contributed by atoms with Crippen molar-refractivity contribution < 1.29 is 13.6 Å². The molecule has 1 aliphatic rings. The molecule has 0 saturated heterocycles. The van der Waals surface area contributed by atoms with Crippen LogP contribution in [-0.4, -0.2) is 18.0 Å². The maximum Gasteiger partial charge on any atom is 0.224 e. The van der Waals surface area contributed by atoms with Crippen molar-refractivity contribution in [3.63, 3.8) is 0 Å². The normalized spacial score (nSPS) is 24.5. The molecule has 3 N–H and O–H groups in total. The van der Waals surface area contributed by atoms with Crippen molar-refractivity contribution in [3.8, 4) is 0 Å². The van der Waals surface area contributed by atoms with Gasteiger partial charge in [-0.2, -0.15) is 0 Å². The van der Waals surface area contributed by atoms with Gasteiger partial charge in [-0.1, -0.05) is 18.9 Å². The molecule has 2 unspecified atom stereocenters. The summed E-state index contributed by atoms with van der Waals surface area (Å²) >= 11 is 0. The number of hydrogen-bond acceptors (Lipinski definition) is 2. The minimum Gasteiger partial charge on any atom is -0.355 e. The molecule has 1 saturated carbocycles. The molecule has 0 aromatic heterocycles. The largest absolute Gasteiger partial charge is 0.355 e. The molecular formula is C16H23ClF2N2O. The van der Waals surface area contributed by atoms with Crippen molar-refractivity contribution in [3.05, 3.63) is 35.4 Å². The van der Waals surface area contributed by atoms with Gasteiger partial charge >= 0.3 is 0 Å². The zero-order chi connectivity index (χ0) is 15.5. The van der Waals surface area contributed by atoms with Gasteiger partial charge in [0.1, 0.15) is 11.6 Å². The Morgan fingerprint density at radius 1 is 1.36 bits per heavy atom. The maximum atomic E-state index is 13.5. The van der Waals surface area contributed by atoms with Crippen LogP contribution < -0.4 is 11.1 Å². The summed E-state index contributed by atoms with van der Waals surface area (Å²) in [4.78, 5) is 12.2. The first-order valence-electron chi connectivity index (χ1n) is 7.41. The van der Waals surface area contributed by atoms with Gasteiger partial charge in [0.2, 0.25) is 5.91 Å². The van der Waals surface area contributed by atoms with Gasteiger partial charge in [-0.25, -0.2) is 8.78 Å². The molecule has 2 atom stereocenters. The molecule has 1 aromatic carbocycles. The molecule has 0 aliphatic heterocycles. The van der Waals surface area contributed by atoms with Gasteiger partial charge in [0.05, 0.1) is 5.92 Å². The van der Waals surface area contributed by atoms with Crippen LogP contribution in [-0.2, 0) is 11.2 Å². The zero-order valence-electron chi connectivity index (χ0n) is 12.7. The van der Waals surface area contributed by atoms with E-state index in [0.29, 0.717) is 0 Å². The number of hydrogen-bond donors (Lipinski definition) is 2. The fraction of sp³-hybridized carbons (Fsp3) is 0.562. The fourth-order valence-corrected chi connectivity index (χ4v) is 2.99. The molecule has 0 heterocycles. The molecule has 22 heavy (non-hydrogen) atoms. The van der Waals surface area contributed by atoms with Crippen LogP contribution in [0.15, 0.2) is 18.2 Å². The Balaban J connectivity index is 0.00000242. The van der Waals surface area contributed by atoms with Crippen LogP contribution in [0.3, 0.4) is 0 Å². The third kappa shape index (κ3) is 4.40. The quantitative estimate of drug-likeness (QED) is 0.890. The SMILES string of the molecule is CC1(N)CCCCC1C(=O)NCCc1c(F)cccc1F.Cl. The molecule has 1 amide bonds. The molecule has 0 bridgehead atoms. The highest BCUT2D eigenvalue weighted by Crippen LogP contribution is 2.31. The minimum atomic E-state index is -0.578. The third-order valence-corrected chi connectivity index (χ3v) is 4.31. The molecule has 6 heteroatoms. The van der Waals surface area contributed by atoms with Crippen LogP contribution in [0.1, 0.15) is 38.2 Å². The fourth-order valence-electron chi connectivity index (χ4n) is 2.99. The Bertz CT molecular complexity index is 503. The van der Waals surface area contributed by atoms with Crippen LogP contribution in [0.5, 0.6) is 0 Å². The van der Waals surface area contributed by atoms with E-state index < -0.39 is 17.2 Å². The van der Waals surface area contributed by atoms with Crippen molar-refractivity contribution in [2.24, 2.45) is 11.7 Å². The summed E-state index contributed by atoms with van der Waals surface area (Å²) in [6, 6.07) is 3.77. The standard InChI is InChI=1S/C16H22F2N2O.ClH/c1-16(19)9-3-2-5-12(16)15(21)20-10-8-11-13(17)6-4-7-14(11)18;/h4,6-7,12H,2-3,5,8-10,19H2,1H3,(H,20,21);1H. The number of carbonyl (C=O) groups excluding carboxylic acids is 1. The molecule has 1 aromatic rings. The van der Waals surface area contributed by atoms with E-state index in [4.69, 9.17) is 5.73 Å². The Labute approximate surface area is 136 Å². The Morgan fingerprint density at radius 2 is 2.00 bits per heavy atom. The molecule has 3 nitrogen and oxygen atoms in total. The number of halogens is 3. The van der Waals surface area contributed by atoms with Crippen molar-refractivity contribution >= 4 is 18.3 Å². The molecule has 1 fully saturated rings. The second-order valence-electron chi connectivity index (χ2n) is 6.05. The van der Waals surface area contributed by atoms with Crippen molar-refractivity contribution in [1.82, 2.24) is 5.32 Å².